The monoisotopic (exact) mass is 486 g/mol. The number of ether oxygens (including phenoxy) is 2. The number of methoxy groups -OCH3 is 1. The maximum atomic E-state index is 12.9. The molecular formula is C23H26N4O6S. The third kappa shape index (κ3) is 5.20. The van der Waals surface area contributed by atoms with Gasteiger partial charge in [-0.3, -0.25) is 4.79 Å². The summed E-state index contributed by atoms with van der Waals surface area (Å²) in [4.78, 5) is 18.8. The number of nitrogens with zero attached hydrogens (tertiary/aromatic N) is 3. The largest absolute Gasteiger partial charge is 0.496 e. The van der Waals surface area contributed by atoms with E-state index in [1.54, 1.807) is 29.2 Å². The van der Waals surface area contributed by atoms with Crippen LogP contribution in [-0.4, -0.2) is 56.2 Å². The lowest BCUT2D eigenvalue weighted by Gasteiger charge is -2.18. The summed E-state index contributed by atoms with van der Waals surface area (Å²) in [5, 5.41) is 3.91. The number of likely N-dealkylation sites (tertiary alicyclic amines) is 1. The predicted octanol–water partition coefficient (Wildman–Crippen LogP) is 2.86. The fourth-order valence-electron chi connectivity index (χ4n) is 3.66. The maximum Gasteiger partial charge on any atom is 0.257 e. The Morgan fingerprint density at radius 3 is 2.56 bits per heavy atom. The summed E-state index contributed by atoms with van der Waals surface area (Å²) in [5.74, 6) is 1.25. The molecule has 10 nitrogen and oxygen atoms in total. The molecule has 0 spiro atoms. The van der Waals surface area contributed by atoms with Crippen LogP contribution in [0.1, 0.15) is 36.0 Å². The molecule has 1 amide bonds. The summed E-state index contributed by atoms with van der Waals surface area (Å²) in [7, 11) is -2.51. The third-order valence-electron chi connectivity index (χ3n) is 5.41. The molecule has 2 heterocycles. The van der Waals surface area contributed by atoms with Crippen molar-refractivity contribution < 1.29 is 27.2 Å². The fourth-order valence-corrected chi connectivity index (χ4v) is 4.66. The Bertz CT molecular complexity index is 1250. The van der Waals surface area contributed by atoms with Crippen LogP contribution in [0.4, 0.5) is 0 Å². The van der Waals surface area contributed by atoms with Gasteiger partial charge in [-0.15, -0.1) is 0 Å². The van der Waals surface area contributed by atoms with E-state index in [2.05, 4.69) is 14.9 Å². The summed E-state index contributed by atoms with van der Waals surface area (Å²) in [5.41, 5.74) is 0.921. The standard InChI is InChI=1S/C23H26N4O6S/c1-3-32-17-8-6-16(7-9-17)22-25-21(33-26-22)15-24-34(29,30)18-10-11-20(31-2)19(14-18)23(28)27-12-4-5-13-27/h6-11,14,24H,3-5,12-13,15H2,1-2H3. The highest BCUT2D eigenvalue weighted by Gasteiger charge is 2.25. The van der Waals surface area contributed by atoms with Crippen molar-refractivity contribution in [3.63, 3.8) is 0 Å². The van der Waals surface area contributed by atoms with Gasteiger partial charge in [0.1, 0.15) is 11.5 Å². The van der Waals surface area contributed by atoms with E-state index in [1.807, 2.05) is 6.92 Å². The molecule has 0 bridgehead atoms. The third-order valence-corrected chi connectivity index (χ3v) is 6.81. The Morgan fingerprint density at radius 2 is 1.88 bits per heavy atom. The van der Waals surface area contributed by atoms with Crippen molar-refractivity contribution in [1.29, 1.82) is 0 Å². The first kappa shape index (κ1) is 23.7. The number of rotatable bonds is 9. The molecule has 1 N–H and O–H groups in total. The van der Waals surface area contributed by atoms with Crippen LogP contribution in [-0.2, 0) is 16.6 Å². The zero-order chi connectivity index (χ0) is 24.1. The van der Waals surface area contributed by atoms with Gasteiger partial charge in [0.25, 0.3) is 5.91 Å². The van der Waals surface area contributed by atoms with Gasteiger partial charge in [0.05, 0.1) is 30.7 Å². The average molecular weight is 487 g/mol. The normalized spacial score (nSPS) is 13.8. The first-order chi connectivity index (χ1) is 16.4. The summed E-state index contributed by atoms with van der Waals surface area (Å²) in [6.07, 6.45) is 1.85. The zero-order valence-corrected chi connectivity index (χ0v) is 19.8. The van der Waals surface area contributed by atoms with E-state index >= 15 is 0 Å². The van der Waals surface area contributed by atoms with Crippen LogP contribution in [0, 0.1) is 0 Å². The van der Waals surface area contributed by atoms with Crippen molar-refractivity contribution in [2.24, 2.45) is 0 Å². The number of nitrogens with one attached hydrogen (secondary N) is 1. The van der Waals surface area contributed by atoms with Crippen molar-refractivity contribution in [3.8, 4) is 22.9 Å². The zero-order valence-electron chi connectivity index (χ0n) is 19.0. The van der Waals surface area contributed by atoms with Gasteiger partial charge in [0, 0.05) is 18.7 Å². The molecule has 4 rings (SSSR count). The molecule has 0 atom stereocenters. The number of carbonyl (C=O) groups is 1. The van der Waals surface area contributed by atoms with Crippen LogP contribution in [0.3, 0.4) is 0 Å². The minimum absolute atomic E-state index is 0.0536. The molecule has 1 saturated heterocycles. The van der Waals surface area contributed by atoms with E-state index in [9.17, 15) is 13.2 Å². The second-order valence-corrected chi connectivity index (χ2v) is 9.42. The van der Waals surface area contributed by atoms with Crippen molar-refractivity contribution in [2.45, 2.75) is 31.2 Å². The Balaban J connectivity index is 1.47. The molecule has 0 radical (unpaired) electrons. The van der Waals surface area contributed by atoms with Gasteiger partial charge in [-0.25, -0.2) is 13.1 Å². The van der Waals surface area contributed by atoms with Crippen molar-refractivity contribution >= 4 is 15.9 Å². The van der Waals surface area contributed by atoms with Crippen LogP contribution in [0.25, 0.3) is 11.4 Å². The van der Waals surface area contributed by atoms with Crippen molar-refractivity contribution in [2.75, 3.05) is 26.8 Å². The van der Waals surface area contributed by atoms with Gasteiger partial charge < -0.3 is 18.9 Å². The molecule has 0 aliphatic carbocycles. The summed E-state index contributed by atoms with van der Waals surface area (Å²) in [6.45, 7) is 3.55. The summed E-state index contributed by atoms with van der Waals surface area (Å²) >= 11 is 0. The lowest BCUT2D eigenvalue weighted by Crippen LogP contribution is -2.29. The van der Waals surface area contributed by atoms with Crippen LogP contribution in [0.2, 0.25) is 0 Å². The quantitative estimate of drug-likeness (QED) is 0.490. The molecule has 1 aromatic heterocycles. The molecule has 11 heteroatoms. The molecule has 1 fully saturated rings. The molecule has 0 saturated carbocycles. The molecule has 1 aliphatic heterocycles. The molecule has 180 valence electrons. The van der Waals surface area contributed by atoms with E-state index in [-0.39, 0.29) is 28.8 Å². The van der Waals surface area contributed by atoms with E-state index in [0.717, 1.165) is 18.6 Å². The Morgan fingerprint density at radius 1 is 1.15 bits per heavy atom. The first-order valence-electron chi connectivity index (χ1n) is 10.9. The lowest BCUT2D eigenvalue weighted by molar-refractivity contribution is 0.0789. The molecule has 1 aliphatic rings. The topological polar surface area (TPSA) is 124 Å². The molecule has 2 aromatic carbocycles. The van der Waals surface area contributed by atoms with Crippen LogP contribution in [0.5, 0.6) is 11.5 Å². The number of hydrogen-bond donors (Lipinski definition) is 1. The van der Waals surface area contributed by atoms with Crippen LogP contribution < -0.4 is 14.2 Å². The average Bonchev–Trinajstić information content (AvgIpc) is 3.55. The summed E-state index contributed by atoms with van der Waals surface area (Å²) < 4.78 is 44.1. The maximum absolute atomic E-state index is 12.9. The predicted molar refractivity (Wildman–Crippen MR) is 123 cm³/mol. The molecule has 0 unspecified atom stereocenters. The number of amides is 1. The number of benzene rings is 2. The fraction of sp³-hybridized carbons (Fsp3) is 0.348. The number of aromatic nitrogens is 2. The second kappa shape index (κ2) is 10.2. The van der Waals surface area contributed by atoms with Crippen LogP contribution in [0.15, 0.2) is 51.9 Å². The first-order valence-corrected chi connectivity index (χ1v) is 12.4. The highest BCUT2D eigenvalue weighted by atomic mass is 32.2. The highest BCUT2D eigenvalue weighted by Crippen LogP contribution is 2.26. The van der Waals surface area contributed by atoms with Crippen LogP contribution >= 0.6 is 0 Å². The van der Waals surface area contributed by atoms with E-state index < -0.39 is 10.0 Å². The van der Waals surface area contributed by atoms with E-state index in [1.165, 1.54) is 25.3 Å². The Labute approximate surface area is 197 Å². The van der Waals surface area contributed by atoms with Crippen molar-refractivity contribution in [1.82, 2.24) is 19.8 Å². The van der Waals surface area contributed by atoms with Gasteiger partial charge in [-0.1, -0.05) is 5.16 Å². The second-order valence-electron chi connectivity index (χ2n) is 7.66. The minimum Gasteiger partial charge on any atom is -0.496 e. The number of carbonyl (C=O) groups excluding carboxylic acids is 1. The van der Waals surface area contributed by atoms with E-state index in [4.69, 9.17) is 14.0 Å². The number of sulfonamides is 1. The van der Waals surface area contributed by atoms with Gasteiger partial charge in [-0.2, -0.15) is 4.98 Å². The van der Waals surface area contributed by atoms with Gasteiger partial charge in [0.2, 0.25) is 21.7 Å². The lowest BCUT2D eigenvalue weighted by atomic mass is 10.1. The Hall–Kier alpha value is -3.44. The smallest absolute Gasteiger partial charge is 0.257 e. The van der Waals surface area contributed by atoms with Crippen molar-refractivity contribution in [3.05, 3.63) is 53.9 Å². The van der Waals surface area contributed by atoms with Gasteiger partial charge in [0.15, 0.2) is 0 Å². The number of hydrogen-bond acceptors (Lipinski definition) is 8. The highest BCUT2D eigenvalue weighted by molar-refractivity contribution is 7.89. The van der Waals surface area contributed by atoms with Gasteiger partial charge >= 0.3 is 0 Å². The van der Waals surface area contributed by atoms with E-state index in [0.29, 0.717) is 36.8 Å². The Kier molecular flexibility index (Phi) is 7.13. The van der Waals surface area contributed by atoms with Gasteiger partial charge in [-0.05, 0) is 62.2 Å². The minimum atomic E-state index is -3.95. The molecule has 34 heavy (non-hydrogen) atoms. The SMILES string of the molecule is CCOc1ccc(-c2noc(CNS(=O)(=O)c3ccc(OC)c(C(=O)N4CCCC4)c3)n2)cc1. The molecule has 3 aromatic rings. The summed E-state index contributed by atoms with van der Waals surface area (Å²) in [6, 6.07) is 11.4. The molecular weight excluding hydrogens is 460 g/mol.